The van der Waals surface area contributed by atoms with Gasteiger partial charge in [0.1, 0.15) is 0 Å². The zero-order valence-electron chi connectivity index (χ0n) is 9.44. The van der Waals surface area contributed by atoms with E-state index in [0.29, 0.717) is 0 Å². The van der Waals surface area contributed by atoms with E-state index in [1.54, 1.807) is 12.4 Å². The van der Waals surface area contributed by atoms with Crippen LogP contribution >= 0.6 is 0 Å². The molecular weight excluding hydrogens is 212 g/mol. The van der Waals surface area contributed by atoms with Crippen molar-refractivity contribution in [2.45, 2.75) is 6.92 Å². The highest BCUT2D eigenvalue weighted by Gasteiger charge is 2.02. The number of H-pyrrole nitrogens is 1. The summed E-state index contributed by atoms with van der Waals surface area (Å²) >= 11 is 0. The topological polar surface area (TPSA) is 53.6 Å². The second kappa shape index (κ2) is 3.90. The molecule has 0 unspecified atom stereocenters. The van der Waals surface area contributed by atoms with Crippen molar-refractivity contribution >= 4 is 22.4 Å². The Labute approximate surface area is 98.7 Å². The van der Waals surface area contributed by atoms with Crippen molar-refractivity contribution < 1.29 is 0 Å². The number of rotatable bonds is 2. The number of imidazole rings is 1. The van der Waals surface area contributed by atoms with Gasteiger partial charge in [-0.25, -0.2) is 4.98 Å². The second-order valence-corrected chi connectivity index (χ2v) is 3.94. The maximum Gasteiger partial charge on any atom is 0.204 e. The van der Waals surface area contributed by atoms with Crippen LogP contribution in [0.4, 0.5) is 11.6 Å². The van der Waals surface area contributed by atoms with Crippen LogP contribution in [0.25, 0.3) is 10.8 Å². The number of aryl methyl sites for hydroxylation is 1. The molecule has 17 heavy (non-hydrogen) atoms. The summed E-state index contributed by atoms with van der Waals surface area (Å²) in [6.45, 7) is 1.98. The van der Waals surface area contributed by atoms with Gasteiger partial charge >= 0.3 is 0 Å². The highest BCUT2D eigenvalue weighted by molar-refractivity contribution is 5.94. The lowest BCUT2D eigenvalue weighted by atomic mass is 10.1. The van der Waals surface area contributed by atoms with Gasteiger partial charge in [-0.2, -0.15) is 0 Å². The molecule has 0 atom stereocenters. The van der Waals surface area contributed by atoms with E-state index in [1.807, 2.05) is 31.3 Å². The number of aromatic nitrogens is 3. The van der Waals surface area contributed by atoms with Crippen molar-refractivity contribution in [3.05, 3.63) is 48.5 Å². The number of aromatic amines is 1. The Morgan fingerprint density at radius 1 is 1.18 bits per heavy atom. The number of nitrogens with zero attached hydrogens (tertiary/aromatic N) is 2. The minimum absolute atomic E-state index is 0.749. The molecule has 0 aliphatic heterocycles. The second-order valence-electron chi connectivity index (χ2n) is 3.94. The molecule has 3 rings (SSSR count). The normalized spacial score (nSPS) is 10.6. The molecule has 0 bridgehead atoms. The summed E-state index contributed by atoms with van der Waals surface area (Å²) < 4.78 is 0. The molecule has 3 aromatic rings. The van der Waals surface area contributed by atoms with E-state index in [2.05, 4.69) is 26.3 Å². The Hall–Kier alpha value is -2.36. The molecule has 0 radical (unpaired) electrons. The molecule has 0 aliphatic carbocycles. The van der Waals surface area contributed by atoms with Crippen molar-refractivity contribution in [1.82, 2.24) is 15.0 Å². The smallest absolute Gasteiger partial charge is 0.204 e. The summed E-state index contributed by atoms with van der Waals surface area (Å²) in [5, 5.41) is 5.51. The van der Waals surface area contributed by atoms with E-state index in [9.17, 15) is 0 Å². The molecule has 4 heteroatoms. The van der Waals surface area contributed by atoms with Gasteiger partial charge in [0.25, 0.3) is 0 Å². The monoisotopic (exact) mass is 224 g/mol. The third-order valence-corrected chi connectivity index (χ3v) is 2.64. The summed E-state index contributed by atoms with van der Waals surface area (Å²) in [5.74, 6) is 0.749. The average Bonchev–Trinajstić information content (AvgIpc) is 2.75. The standard InChI is InChI=1S/C13H12N4/c1-9-7-15-13(16-9)17-12-4-2-3-10-5-6-14-8-11(10)12/h2-8H,1H3,(H2,15,16,17). The summed E-state index contributed by atoms with van der Waals surface area (Å²) in [7, 11) is 0. The maximum atomic E-state index is 4.23. The highest BCUT2D eigenvalue weighted by atomic mass is 15.1. The van der Waals surface area contributed by atoms with Crippen LogP contribution in [0.1, 0.15) is 5.69 Å². The molecule has 2 N–H and O–H groups in total. The first-order valence-corrected chi connectivity index (χ1v) is 5.44. The zero-order valence-corrected chi connectivity index (χ0v) is 9.44. The molecule has 4 nitrogen and oxygen atoms in total. The van der Waals surface area contributed by atoms with Crippen LogP contribution in [0.2, 0.25) is 0 Å². The van der Waals surface area contributed by atoms with Crippen molar-refractivity contribution in [1.29, 1.82) is 0 Å². The van der Waals surface area contributed by atoms with Gasteiger partial charge < -0.3 is 10.3 Å². The van der Waals surface area contributed by atoms with Crippen LogP contribution in [-0.4, -0.2) is 15.0 Å². The fraction of sp³-hybridized carbons (Fsp3) is 0.0769. The predicted molar refractivity (Wildman–Crippen MR) is 68.4 cm³/mol. The number of pyridine rings is 1. The van der Waals surface area contributed by atoms with Crippen LogP contribution < -0.4 is 5.32 Å². The Balaban J connectivity index is 2.05. The predicted octanol–water partition coefficient (Wildman–Crippen LogP) is 3.01. The van der Waals surface area contributed by atoms with Crippen molar-refractivity contribution in [2.24, 2.45) is 0 Å². The number of benzene rings is 1. The van der Waals surface area contributed by atoms with E-state index >= 15 is 0 Å². The Bertz CT molecular complexity index is 652. The van der Waals surface area contributed by atoms with Crippen LogP contribution in [0.15, 0.2) is 42.9 Å². The molecule has 0 saturated carbocycles. The highest BCUT2D eigenvalue weighted by Crippen LogP contribution is 2.24. The molecule has 1 aromatic carbocycles. The lowest BCUT2D eigenvalue weighted by Gasteiger charge is -2.06. The third kappa shape index (κ3) is 1.85. The third-order valence-electron chi connectivity index (χ3n) is 2.64. The molecule has 0 spiro atoms. The van der Waals surface area contributed by atoms with Crippen LogP contribution in [-0.2, 0) is 0 Å². The summed E-state index contributed by atoms with van der Waals surface area (Å²) in [4.78, 5) is 11.5. The molecule has 0 fully saturated rings. The first kappa shape index (κ1) is 9.84. The summed E-state index contributed by atoms with van der Waals surface area (Å²) in [6.07, 6.45) is 5.45. The molecule has 0 amide bonds. The Morgan fingerprint density at radius 2 is 2.12 bits per heavy atom. The number of anilines is 2. The van der Waals surface area contributed by atoms with Gasteiger partial charge in [-0.1, -0.05) is 12.1 Å². The van der Waals surface area contributed by atoms with Crippen molar-refractivity contribution in [3.8, 4) is 0 Å². The van der Waals surface area contributed by atoms with Gasteiger partial charge in [0.15, 0.2) is 0 Å². The number of hydrogen-bond acceptors (Lipinski definition) is 3. The van der Waals surface area contributed by atoms with Gasteiger partial charge in [0.2, 0.25) is 5.95 Å². The first-order chi connectivity index (χ1) is 8.33. The summed E-state index contributed by atoms with van der Waals surface area (Å²) in [6, 6.07) is 8.09. The van der Waals surface area contributed by atoms with Crippen molar-refractivity contribution in [2.75, 3.05) is 5.32 Å². The number of nitrogens with one attached hydrogen (secondary N) is 2. The van der Waals surface area contributed by atoms with Gasteiger partial charge in [-0.05, 0) is 24.4 Å². The minimum Gasteiger partial charge on any atom is -0.328 e. The maximum absolute atomic E-state index is 4.23. The fourth-order valence-electron chi connectivity index (χ4n) is 1.83. The van der Waals surface area contributed by atoms with E-state index in [1.165, 1.54) is 0 Å². The molecule has 2 heterocycles. The van der Waals surface area contributed by atoms with Gasteiger partial charge in [-0.3, -0.25) is 4.98 Å². The molecule has 0 saturated heterocycles. The quantitative estimate of drug-likeness (QED) is 0.703. The Morgan fingerprint density at radius 3 is 2.94 bits per heavy atom. The van der Waals surface area contributed by atoms with E-state index < -0.39 is 0 Å². The summed E-state index contributed by atoms with van der Waals surface area (Å²) in [5.41, 5.74) is 2.04. The first-order valence-electron chi connectivity index (χ1n) is 5.44. The van der Waals surface area contributed by atoms with Gasteiger partial charge in [0, 0.05) is 29.7 Å². The zero-order chi connectivity index (χ0) is 11.7. The molecule has 2 aromatic heterocycles. The molecular formula is C13H12N4. The van der Waals surface area contributed by atoms with Crippen LogP contribution in [0, 0.1) is 6.92 Å². The van der Waals surface area contributed by atoms with Gasteiger partial charge in [-0.15, -0.1) is 0 Å². The van der Waals surface area contributed by atoms with E-state index in [0.717, 1.165) is 28.1 Å². The lowest BCUT2D eigenvalue weighted by molar-refractivity contribution is 1.24. The fourth-order valence-corrected chi connectivity index (χ4v) is 1.83. The van der Waals surface area contributed by atoms with Gasteiger partial charge in [0.05, 0.1) is 5.69 Å². The lowest BCUT2D eigenvalue weighted by Crippen LogP contribution is -1.93. The molecule has 0 aliphatic rings. The van der Waals surface area contributed by atoms with E-state index in [4.69, 9.17) is 0 Å². The number of fused-ring (bicyclic) bond motifs is 1. The minimum atomic E-state index is 0.749. The average molecular weight is 224 g/mol. The van der Waals surface area contributed by atoms with Crippen LogP contribution in [0.5, 0.6) is 0 Å². The SMILES string of the molecule is Cc1cnc(Nc2cccc3ccncc23)[nH]1. The van der Waals surface area contributed by atoms with E-state index in [-0.39, 0.29) is 0 Å². The largest absolute Gasteiger partial charge is 0.328 e. The molecule has 84 valence electrons. The Kier molecular flexibility index (Phi) is 2.26. The van der Waals surface area contributed by atoms with Crippen LogP contribution in [0.3, 0.4) is 0 Å². The van der Waals surface area contributed by atoms with Crippen molar-refractivity contribution in [3.63, 3.8) is 0 Å². The number of hydrogen-bond donors (Lipinski definition) is 2.